The molecule has 0 aromatic heterocycles. The molecule has 0 spiro atoms. The van der Waals surface area contributed by atoms with Crippen molar-refractivity contribution in [1.82, 2.24) is 0 Å². The van der Waals surface area contributed by atoms with E-state index in [9.17, 15) is 13.2 Å². The van der Waals surface area contributed by atoms with Gasteiger partial charge in [0.2, 0.25) is 0 Å². The molecule has 0 aliphatic rings. The van der Waals surface area contributed by atoms with Crippen LogP contribution in [-0.2, 0) is 6.18 Å². The molecule has 1 aromatic carbocycles. The van der Waals surface area contributed by atoms with Crippen LogP contribution in [0.3, 0.4) is 0 Å². The smallest absolute Gasteiger partial charge is 0.324 e. The molecular formula is C12H13ClF3N. The van der Waals surface area contributed by atoms with Gasteiger partial charge in [0.25, 0.3) is 0 Å². The number of alkyl halides is 3. The Morgan fingerprint density at radius 1 is 1.41 bits per heavy atom. The maximum absolute atomic E-state index is 12.5. The quantitative estimate of drug-likeness (QED) is 0.804. The third kappa shape index (κ3) is 3.75. The van der Waals surface area contributed by atoms with Gasteiger partial charge in [-0.15, -0.1) is 6.58 Å². The predicted octanol–water partition coefficient (Wildman–Crippen LogP) is 4.32. The highest BCUT2D eigenvalue weighted by atomic mass is 35.5. The molecule has 0 aliphatic carbocycles. The van der Waals surface area contributed by atoms with Crippen LogP contribution in [0.15, 0.2) is 30.9 Å². The van der Waals surface area contributed by atoms with E-state index in [0.717, 1.165) is 12.1 Å². The van der Waals surface area contributed by atoms with Crippen LogP contribution in [0, 0.1) is 0 Å². The lowest BCUT2D eigenvalue weighted by Crippen LogP contribution is -2.13. The van der Waals surface area contributed by atoms with Gasteiger partial charge in [0.15, 0.2) is 0 Å². The van der Waals surface area contributed by atoms with E-state index < -0.39 is 17.8 Å². The lowest BCUT2D eigenvalue weighted by atomic mass is 10.0. The fourth-order valence-electron chi connectivity index (χ4n) is 1.46. The zero-order chi connectivity index (χ0) is 13.1. The van der Waals surface area contributed by atoms with Crippen LogP contribution in [0.5, 0.6) is 0 Å². The molecule has 17 heavy (non-hydrogen) atoms. The molecule has 1 rings (SSSR count). The summed E-state index contributed by atoms with van der Waals surface area (Å²) in [4.78, 5) is 0. The van der Waals surface area contributed by atoms with Gasteiger partial charge in [0.05, 0.1) is 5.56 Å². The van der Waals surface area contributed by atoms with Gasteiger partial charge in [-0.2, -0.15) is 13.2 Å². The maximum atomic E-state index is 12.5. The highest BCUT2D eigenvalue weighted by Crippen LogP contribution is 2.34. The molecule has 1 atom stereocenters. The maximum Gasteiger partial charge on any atom is 0.416 e. The number of allylic oxidation sites excluding steroid dienone is 1. The number of hydrogen-bond acceptors (Lipinski definition) is 1. The van der Waals surface area contributed by atoms with Crippen molar-refractivity contribution < 1.29 is 13.2 Å². The Hall–Kier alpha value is -1.00. The van der Waals surface area contributed by atoms with Gasteiger partial charge in [-0.1, -0.05) is 17.7 Å². The molecule has 0 heterocycles. The van der Waals surface area contributed by atoms with Crippen LogP contribution in [-0.4, -0.2) is 0 Å². The molecule has 5 heteroatoms. The summed E-state index contributed by atoms with van der Waals surface area (Å²) in [6, 6.07) is 2.68. The Labute approximate surface area is 103 Å². The molecule has 1 aromatic rings. The Balaban J connectivity index is 3.02. The third-order valence-corrected chi connectivity index (χ3v) is 2.75. The van der Waals surface area contributed by atoms with Gasteiger partial charge in [0, 0.05) is 11.1 Å². The van der Waals surface area contributed by atoms with Crippen LogP contribution in [0.4, 0.5) is 13.2 Å². The summed E-state index contributed by atoms with van der Waals surface area (Å²) in [7, 11) is 0. The molecule has 0 saturated carbocycles. The first kappa shape index (κ1) is 14.1. The van der Waals surface area contributed by atoms with Crippen LogP contribution >= 0.6 is 11.6 Å². The summed E-state index contributed by atoms with van der Waals surface area (Å²) in [5.41, 5.74) is 5.39. The van der Waals surface area contributed by atoms with E-state index in [2.05, 4.69) is 6.58 Å². The molecule has 0 unspecified atom stereocenters. The number of halogens is 4. The van der Waals surface area contributed by atoms with Crippen LogP contribution in [0.2, 0.25) is 5.02 Å². The van der Waals surface area contributed by atoms with Gasteiger partial charge in [-0.05, 0) is 36.6 Å². The van der Waals surface area contributed by atoms with E-state index >= 15 is 0 Å². The minimum absolute atomic E-state index is 0.259. The van der Waals surface area contributed by atoms with E-state index in [1.807, 2.05) is 0 Å². The number of rotatable bonds is 4. The topological polar surface area (TPSA) is 26.0 Å². The fraction of sp³-hybridized carbons (Fsp3) is 0.333. The highest BCUT2D eigenvalue weighted by Gasteiger charge is 2.31. The van der Waals surface area contributed by atoms with E-state index in [1.165, 1.54) is 6.07 Å². The molecule has 0 saturated heterocycles. The molecule has 0 bridgehead atoms. The van der Waals surface area contributed by atoms with Gasteiger partial charge in [-0.25, -0.2) is 0 Å². The van der Waals surface area contributed by atoms with Gasteiger partial charge >= 0.3 is 6.18 Å². The first-order valence-electron chi connectivity index (χ1n) is 5.09. The molecule has 0 fully saturated rings. The number of nitrogens with two attached hydrogens (primary N) is 1. The first-order chi connectivity index (χ1) is 7.86. The molecule has 94 valence electrons. The standard InChI is InChI=1S/C12H13ClF3N/c1-2-3-4-11(17)9-7-8(12(14,15)16)5-6-10(9)13/h2,5-7,11H,1,3-4,17H2/t11-/m1/s1. The summed E-state index contributed by atoms with van der Waals surface area (Å²) in [6.45, 7) is 3.54. The minimum atomic E-state index is -4.38. The lowest BCUT2D eigenvalue weighted by molar-refractivity contribution is -0.137. The van der Waals surface area contributed by atoms with E-state index in [1.54, 1.807) is 6.08 Å². The van der Waals surface area contributed by atoms with Crippen LogP contribution in [0.1, 0.15) is 30.0 Å². The SMILES string of the molecule is C=CCC[C@@H](N)c1cc(C(F)(F)F)ccc1Cl. The predicted molar refractivity (Wildman–Crippen MR) is 62.8 cm³/mol. The zero-order valence-corrected chi connectivity index (χ0v) is 9.85. The second-order valence-electron chi connectivity index (χ2n) is 3.71. The van der Waals surface area contributed by atoms with Crippen molar-refractivity contribution in [2.24, 2.45) is 5.73 Å². The second kappa shape index (κ2) is 5.56. The average Bonchev–Trinajstić information content (AvgIpc) is 2.24. The van der Waals surface area contributed by atoms with E-state index in [-0.39, 0.29) is 5.02 Å². The molecule has 0 aliphatic heterocycles. The number of hydrogen-bond donors (Lipinski definition) is 1. The Morgan fingerprint density at radius 2 is 2.06 bits per heavy atom. The van der Waals surface area contributed by atoms with E-state index in [4.69, 9.17) is 17.3 Å². The average molecular weight is 264 g/mol. The van der Waals surface area contributed by atoms with E-state index in [0.29, 0.717) is 18.4 Å². The molecule has 2 N–H and O–H groups in total. The van der Waals surface area contributed by atoms with Crippen molar-refractivity contribution >= 4 is 11.6 Å². The van der Waals surface area contributed by atoms with Gasteiger partial charge in [-0.3, -0.25) is 0 Å². The lowest BCUT2D eigenvalue weighted by Gasteiger charge is -2.15. The Bertz CT molecular complexity index is 401. The number of benzene rings is 1. The fourth-order valence-corrected chi connectivity index (χ4v) is 1.71. The van der Waals surface area contributed by atoms with Gasteiger partial charge < -0.3 is 5.73 Å². The molecular weight excluding hydrogens is 251 g/mol. The van der Waals surface area contributed by atoms with Gasteiger partial charge in [0.1, 0.15) is 0 Å². The third-order valence-electron chi connectivity index (χ3n) is 2.40. The molecule has 0 amide bonds. The monoisotopic (exact) mass is 263 g/mol. The normalized spacial score (nSPS) is 13.5. The minimum Gasteiger partial charge on any atom is -0.324 e. The summed E-state index contributed by atoms with van der Waals surface area (Å²) in [5.74, 6) is 0. The highest BCUT2D eigenvalue weighted by molar-refractivity contribution is 6.31. The summed E-state index contributed by atoms with van der Waals surface area (Å²) in [5, 5.41) is 0.259. The van der Waals surface area contributed by atoms with Crippen molar-refractivity contribution in [2.75, 3.05) is 0 Å². The van der Waals surface area contributed by atoms with Crippen LogP contribution in [0.25, 0.3) is 0 Å². The largest absolute Gasteiger partial charge is 0.416 e. The molecule has 1 nitrogen and oxygen atoms in total. The zero-order valence-electron chi connectivity index (χ0n) is 9.10. The van der Waals surface area contributed by atoms with Crippen molar-refractivity contribution in [3.63, 3.8) is 0 Å². The van der Waals surface area contributed by atoms with Crippen molar-refractivity contribution in [1.29, 1.82) is 0 Å². The van der Waals surface area contributed by atoms with Crippen molar-refractivity contribution in [2.45, 2.75) is 25.1 Å². The van der Waals surface area contributed by atoms with Crippen molar-refractivity contribution in [3.8, 4) is 0 Å². The first-order valence-corrected chi connectivity index (χ1v) is 5.47. The molecule has 0 radical (unpaired) electrons. The Morgan fingerprint density at radius 3 is 2.59 bits per heavy atom. The summed E-state index contributed by atoms with van der Waals surface area (Å²) >= 11 is 5.85. The summed E-state index contributed by atoms with van der Waals surface area (Å²) < 4.78 is 37.5. The second-order valence-corrected chi connectivity index (χ2v) is 4.11. The summed E-state index contributed by atoms with van der Waals surface area (Å²) in [6.07, 6.45) is -1.56. The van der Waals surface area contributed by atoms with Crippen LogP contribution < -0.4 is 5.73 Å². The van der Waals surface area contributed by atoms with Crippen molar-refractivity contribution in [3.05, 3.63) is 47.0 Å². The Kier molecular flexibility index (Phi) is 4.60.